The van der Waals surface area contributed by atoms with Crippen molar-refractivity contribution in [1.82, 2.24) is 0 Å². The van der Waals surface area contributed by atoms with E-state index in [1.807, 2.05) is 0 Å². The number of hydrogen-bond donors (Lipinski definition) is 0. The van der Waals surface area contributed by atoms with Crippen LogP contribution in [0.15, 0.2) is 24.3 Å². The molecule has 1 aromatic rings. The second-order valence-corrected chi connectivity index (χ2v) is 17.9. The van der Waals surface area contributed by atoms with Crippen molar-refractivity contribution in [3.63, 3.8) is 0 Å². The first-order valence-electron chi connectivity index (χ1n) is 8.94. The Kier molecular flexibility index (Phi) is 8.77. The summed E-state index contributed by atoms with van der Waals surface area (Å²) >= 11 is 14.1. The Hall–Kier alpha value is 0.234. The van der Waals surface area contributed by atoms with Crippen LogP contribution in [0, 0.1) is 0 Å². The lowest BCUT2D eigenvalue weighted by atomic mass is 10.4. The molecule has 1 rings (SSSR count). The molecule has 0 aliphatic rings. The van der Waals surface area contributed by atoms with Crippen LogP contribution in [0.4, 0.5) is 0 Å². The van der Waals surface area contributed by atoms with Crippen molar-refractivity contribution in [2.45, 2.75) is 77.6 Å². The van der Waals surface area contributed by atoms with E-state index in [9.17, 15) is 0 Å². The number of benzene rings is 1. The normalized spacial score (nSPS) is 12.6. The highest BCUT2D eigenvalue weighted by molar-refractivity contribution is 7.28. The van der Waals surface area contributed by atoms with Crippen molar-refractivity contribution >= 4 is 47.3 Å². The first-order valence-corrected chi connectivity index (χ1v) is 15.8. The topological polar surface area (TPSA) is 0 Å². The van der Waals surface area contributed by atoms with E-state index in [4.69, 9.17) is 22.2 Å². The van der Waals surface area contributed by atoms with Crippen LogP contribution in [0.5, 0.6) is 0 Å². The van der Waals surface area contributed by atoms with Crippen LogP contribution in [0.2, 0.25) is 24.2 Å². The van der Waals surface area contributed by atoms with Crippen molar-refractivity contribution in [3.8, 4) is 0 Å². The molecular weight excluding hydrogens is 343 g/mol. The van der Waals surface area contributed by atoms with Crippen molar-refractivity contribution < 1.29 is 0 Å². The van der Waals surface area contributed by atoms with E-state index in [0.29, 0.717) is 0 Å². The smallest absolute Gasteiger partial charge is 0.161 e. The second kappa shape index (κ2) is 9.51. The molecule has 0 aliphatic carbocycles. The standard InChI is InChI=1S/C18H32Cl2Si2/c1-5-13-21(19,14-6-2)17-9-11-18(12-10-17)22(20,15-7-3)16-8-4/h9-12H,5-8,13-16H2,1-4H3. The molecular formula is C18H32Cl2Si2. The highest BCUT2D eigenvalue weighted by Gasteiger charge is 2.34. The molecule has 0 aliphatic heterocycles. The predicted molar refractivity (Wildman–Crippen MR) is 109 cm³/mol. The summed E-state index contributed by atoms with van der Waals surface area (Å²) in [4.78, 5) is 0. The van der Waals surface area contributed by atoms with Gasteiger partial charge in [0.05, 0.1) is 0 Å². The Morgan fingerprint density at radius 2 is 0.818 bits per heavy atom. The highest BCUT2D eigenvalue weighted by Crippen LogP contribution is 2.26. The Morgan fingerprint density at radius 1 is 0.591 bits per heavy atom. The maximum atomic E-state index is 7.07. The van der Waals surface area contributed by atoms with Gasteiger partial charge in [-0.1, -0.05) is 77.6 Å². The average Bonchev–Trinajstić information content (AvgIpc) is 2.48. The van der Waals surface area contributed by atoms with Crippen molar-refractivity contribution in [1.29, 1.82) is 0 Å². The van der Waals surface area contributed by atoms with Crippen LogP contribution < -0.4 is 10.4 Å². The van der Waals surface area contributed by atoms with Gasteiger partial charge in [-0.05, 0) is 34.5 Å². The number of halogens is 2. The second-order valence-electron chi connectivity index (χ2n) is 6.51. The first kappa shape index (κ1) is 20.3. The summed E-state index contributed by atoms with van der Waals surface area (Å²) in [5.74, 6) is 0. The number of rotatable bonds is 10. The molecule has 0 bridgehead atoms. The zero-order valence-electron chi connectivity index (χ0n) is 14.7. The van der Waals surface area contributed by atoms with Gasteiger partial charge in [0, 0.05) is 0 Å². The van der Waals surface area contributed by atoms with Crippen LogP contribution >= 0.6 is 22.2 Å². The molecule has 0 aromatic heterocycles. The van der Waals surface area contributed by atoms with Gasteiger partial charge >= 0.3 is 0 Å². The summed E-state index contributed by atoms with van der Waals surface area (Å²) in [5, 5.41) is 2.81. The minimum absolute atomic E-state index is 1.18. The molecule has 1 aromatic carbocycles. The van der Waals surface area contributed by atoms with Crippen LogP contribution in [0.25, 0.3) is 0 Å². The fourth-order valence-corrected chi connectivity index (χ4v) is 12.9. The molecule has 0 saturated carbocycles. The zero-order chi connectivity index (χ0) is 16.6. The van der Waals surface area contributed by atoms with E-state index in [-0.39, 0.29) is 0 Å². The molecule has 0 spiro atoms. The molecule has 0 heterocycles. The Balaban J connectivity index is 3.06. The minimum atomic E-state index is -1.80. The van der Waals surface area contributed by atoms with Gasteiger partial charge in [-0.3, -0.25) is 0 Å². The van der Waals surface area contributed by atoms with Gasteiger partial charge < -0.3 is 0 Å². The molecule has 0 fully saturated rings. The highest BCUT2D eigenvalue weighted by atomic mass is 35.6. The van der Waals surface area contributed by atoms with Crippen molar-refractivity contribution in [3.05, 3.63) is 24.3 Å². The Bertz CT molecular complexity index is 378. The molecule has 0 amide bonds. The SMILES string of the molecule is CCC[Si](Cl)(CCC)c1ccc([Si](Cl)(CCC)CCC)cc1. The maximum Gasteiger partial charge on any atom is 0.186 e. The average molecular weight is 376 g/mol. The van der Waals surface area contributed by atoms with Crippen LogP contribution in [-0.4, -0.2) is 14.8 Å². The summed E-state index contributed by atoms with van der Waals surface area (Å²) < 4.78 is 0. The summed E-state index contributed by atoms with van der Waals surface area (Å²) in [6.07, 6.45) is 4.71. The van der Waals surface area contributed by atoms with Gasteiger partial charge in [0.1, 0.15) is 0 Å². The summed E-state index contributed by atoms with van der Waals surface area (Å²) in [6, 6.07) is 13.9. The lowest BCUT2D eigenvalue weighted by molar-refractivity contribution is 1.00. The molecule has 4 heteroatoms. The molecule has 0 N–H and O–H groups in total. The quantitative estimate of drug-likeness (QED) is 0.342. The van der Waals surface area contributed by atoms with Gasteiger partial charge in [0.15, 0.2) is 14.8 Å². The molecule has 0 radical (unpaired) electrons. The van der Waals surface area contributed by atoms with Crippen LogP contribution in [0.3, 0.4) is 0 Å². The van der Waals surface area contributed by atoms with Crippen molar-refractivity contribution in [2.24, 2.45) is 0 Å². The molecule has 0 atom stereocenters. The van der Waals surface area contributed by atoms with E-state index >= 15 is 0 Å². The summed E-state index contributed by atoms with van der Waals surface area (Å²) in [5.41, 5.74) is 0. The monoisotopic (exact) mass is 374 g/mol. The van der Waals surface area contributed by atoms with E-state index in [1.54, 1.807) is 0 Å². The van der Waals surface area contributed by atoms with Crippen LogP contribution in [0.1, 0.15) is 53.4 Å². The molecule has 126 valence electrons. The predicted octanol–water partition coefficient (Wildman–Crippen LogP) is 6.11. The van der Waals surface area contributed by atoms with E-state index in [0.717, 1.165) is 0 Å². The summed E-state index contributed by atoms with van der Waals surface area (Å²) in [6.45, 7) is 8.97. The van der Waals surface area contributed by atoms with Crippen molar-refractivity contribution in [2.75, 3.05) is 0 Å². The van der Waals surface area contributed by atoms with Gasteiger partial charge in [0.2, 0.25) is 0 Å². The first-order chi connectivity index (χ1) is 10.5. The maximum absolute atomic E-state index is 7.07. The lowest BCUT2D eigenvalue weighted by Crippen LogP contribution is -2.45. The molecule has 0 saturated heterocycles. The Morgan fingerprint density at radius 3 is 1.00 bits per heavy atom. The molecule has 0 nitrogen and oxygen atoms in total. The third kappa shape index (κ3) is 5.12. The van der Waals surface area contributed by atoms with E-state index < -0.39 is 14.8 Å². The third-order valence-corrected chi connectivity index (χ3v) is 16.0. The molecule has 0 unspecified atom stereocenters. The van der Waals surface area contributed by atoms with E-state index in [1.165, 1.54) is 60.2 Å². The van der Waals surface area contributed by atoms with Gasteiger partial charge in [-0.25, -0.2) is 0 Å². The van der Waals surface area contributed by atoms with E-state index in [2.05, 4.69) is 52.0 Å². The van der Waals surface area contributed by atoms with Gasteiger partial charge in [-0.15, -0.1) is 0 Å². The van der Waals surface area contributed by atoms with Crippen LogP contribution in [-0.2, 0) is 0 Å². The summed E-state index contributed by atoms with van der Waals surface area (Å²) in [7, 11) is -3.60. The fraction of sp³-hybridized carbons (Fsp3) is 0.667. The third-order valence-electron chi connectivity index (χ3n) is 4.50. The number of hydrogen-bond acceptors (Lipinski definition) is 0. The minimum Gasteiger partial charge on any atom is -0.161 e. The van der Waals surface area contributed by atoms with Gasteiger partial charge in [-0.2, -0.15) is 22.2 Å². The lowest BCUT2D eigenvalue weighted by Gasteiger charge is -2.27. The zero-order valence-corrected chi connectivity index (χ0v) is 18.2. The largest absolute Gasteiger partial charge is 0.186 e. The Labute approximate surface area is 149 Å². The van der Waals surface area contributed by atoms with Gasteiger partial charge in [0.25, 0.3) is 0 Å². The fourth-order valence-electron chi connectivity index (χ4n) is 3.48. The molecule has 22 heavy (non-hydrogen) atoms.